The number of carbonyl (C=O) groups excluding carboxylic acids is 1. The third-order valence-electron chi connectivity index (χ3n) is 3.13. The highest BCUT2D eigenvalue weighted by Gasteiger charge is 2.11. The van der Waals surface area contributed by atoms with E-state index < -0.39 is 0 Å². The highest BCUT2D eigenvalue weighted by Crippen LogP contribution is 2.22. The summed E-state index contributed by atoms with van der Waals surface area (Å²) in [5, 5.41) is 5.17. The van der Waals surface area contributed by atoms with E-state index >= 15 is 0 Å². The molecule has 3 rings (SSSR count). The van der Waals surface area contributed by atoms with Crippen LogP contribution in [0.15, 0.2) is 54.7 Å². The number of fused-ring (bicyclic) bond motifs is 1. The quantitative estimate of drug-likeness (QED) is 0.708. The summed E-state index contributed by atoms with van der Waals surface area (Å²) in [6, 6.07) is 14.6. The number of carbonyl (C=O) groups is 1. The van der Waals surface area contributed by atoms with Crippen LogP contribution in [0.5, 0.6) is 0 Å². The summed E-state index contributed by atoms with van der Waals surface area (Å²) in [5.41, 5.74) is 6.82. The Bertz CT molecular complexity index is 815. The van der Waals surface area contributed by atoms with Gasteiger partial charge in [-0.1, -0.05) is 35.9 Å². The number of pyridine rings is 1. The van der Waals surface area contributed by atoms with E-state index in [0.717, 1.165) is 10.8 Å². The van der Waals surface area contributed by atoms with Crippen LogP contribution in [0, 0.1) is 0 Å². The molecule has 0 saturated heterocycles. The van der Waals surface area contributed by atoms with E-state index in [0.29, 0.717) is 22.1 Å². The fourth-order valence-electron chi connectivity index (χ4n) is 2.09. The molecule has 1 heterocycles. The molecule has 0 radical (unpaired) electrons. The van der Waals surface area contributed by atoms with Gasteiger partial charge in [-0.25, -0.2) is 4.98 Å². The molecule has 3 N–H and O–H groups in total. The minimum atomic E-state index is -0.298. The van der Waals surface area contributed by atoms with Crippen LogP contribution in [0.1, 0.15) is 10.4 Å². The molecule has 21 heavy (non-hydrogen) atoms. The normalized spacial score (nSPS) is 10.5. The van der Waals surface area contributed by atoms with Crippen molar-refractivity contribution in [2.24, 2.45) is 0 Å². The van der Waals surface area contributed by atoms with Gasteiger partial charge in [0.15, 0.2) is 0 Å². The predicted octanol–water partition coefficient (Wildman–Crippen LogP) is 3.72. The van der Waals surface area contributed by atoms with E-state index in [1.165, 1.54) is 6.20 Å². The number of nitrogen functional groups attached to an aromatic ring is 1. The molecule has 2 aromatic carbocycles. The lowest BCUT2D eigenvalue weighted by Gasteiger charge is -2.08. The Morgan fingerprint density at radius 1 is 1.10 bits per heavy atom. The van der Waals surface area contributed by atoms with Crippen molar-refractivity contribution in [3.63, 3.8) is 0 Å². The molecule has 0 spiro atoms. The smallest absolute Gasteiger partial charge is 0.258 e. The second kappa shape index (κ2) is 5.42. The van der Waals surface area contributed by atoms with Gasteiger partial charge in [0, 0.05) is 11.9 Å². The molecule has 5 heteroatoms. The van der Waals surface area contributed by atoms with E-state index in [9.17, 15) is 4.79 Å². The van der Waals surface area contributed by atoms with Crippen molar-refractivity contribution in [2.75, 3.05) is 11.1 Å². The van der Waals surface area contributed by atoms with E-state index in [-0.39, 0.29) is 5.91 Å². The summed E-state index contributed by atoms with van der Waals surface area (Å²) in [6.07, 6.45) is 1.47. The summed E-state index contributed by atoms with van der Waals surface area (Å²) < 4.78 is 0. The maximum absolute atomic E-state index is 12.3. The van der Waals surface area contributed by atoms with Gasteiger partial charge in [0.1, 0.15) is 5.82 Å². The standard InChI is InChI=1S/C16H12ClN3O/c17-12-5-6-15(19-9-12)20-16(21)13-7-10-3-1-2-4-11(10)8-14(13)18/h1-9H,18H2,(H,19,20,21). The van der Waals surface area contributed by atoms with Crippen LogP contribution >= 0.6 is 11.6 Å². The molecule has 0 saturated carbocycles. The monoisotopic (exact) mass is 297 g/mol. The number of hydrogen-bond acceptors (Lipinski definition) is 3. The highest BCUT2D eigenvalue weighted by molar-refractivity contribution is 6.30. The number of benzene rings is 2. The minimum absolute atomic E-state index is 0.298. The Morgan fingerprint density at radius 3 is 2.48 bits per heavy atom. The van der Waals surface area contributed by atoms with Crippen molar-refractivity contribution in [1.29, 1.82) is 0 Å². The maximum Gasteiger partial charge on any atom is 0.258 e. The summed E-state index contributed by atoms with van der Waals surface area (Å²) in [7, 11) is 0. The van der Waals surface area contributed by atoms with Crippen molar-refractivity contribution in [3.05, 3.63) is 65.3 Å². The second-order valence-corrected chi connectivity index (χ2v) is 5.04. The minimum Gasteiger partial charge on any atom is -0.398 e. The van der Waals surface area contributed by atoms with Crippen LogP contribution in [-0.2, 0) is 0 Å². The molecule has 3 aromatic rings. The number of nitrogens with zero attached hydrogens (tertiary/aromatic N) is 1. The number of rotatable bonds is 2. The van der Waals surface area contributed by atoms with E-state index in [1.54, 1.807) is 24.3 Å². The fraction of sp³-hybridized carbons (Fsp3) is 0. The summed E-state index contributed by atoms with van der Waals surface area (Å²) in [5.74, 6) is 0.130. The van der Waals surface area contributed by atoms with Gasteiger partial charge in [-0.15, -0.1) is 0 Å². The van der Waals surface area contributed by atoms with Crippen LogP contribution in [0.3, 0.4) is 0 Å². The lowest BCUT2D eigenvalue weighted by atomic mass is 10.0. The SMILES string of the molecule is Nc1cc2ccccc2cc1C(=O)Nc1ccc(Cl)cn1. The van der Waals surface area contributed by atoms with Gasteiger partial charge in [0.2, 0.25) is 0 Å². The molecular formula is C16H12ClN3O. The number of anilines is 2. The Morgan fingerprint density at radius 2 is 1.81 bits per heavy atom. The Labute approximate surface area is 126 Å². The molecule has 0 bridgehead atoms. The molecule has 0 atom stereocenters. The third kappa shape index (κ3) is 2.80. The van der Waals surface area contributed by atoms with Gasteiger partial charge in [0.05, 0.1) is 10.6 Å². The van der Waals surface area contributed by atoms with Crippen LogP contribution in [0.25, 0.3) is 10.8 Å². The first-order valence-corrected chi connectivity index (χ1v) is 6.72. The maximum atomic E-state index is 12.3. The molecule has 0 unspecified atom stereocenters. The first kappa shape index (κ1) is 13.4. The average Bonchev–Trinajstić information content (AvgIpc) is 2.49. The number of nitrogens with two attached hydrogens (primary N) is 1. The number of aromatic nitrogens is 1. The molecule has 0 aliphatic rings. The third-order valence-corrected chi connectivity index (χ3v) is 3.36. The molecule has 104 valence electrons. The molecule has 0 aliphatic heterocycles. The lowest BCUT2D eigenvalue weighted by Crippen LogP contribution is -2.14. The largest absolute Gasteiger partial charge is 0.398 e. The van der Waals surface area contributed by atoms with Crippen LogP contribution in [0.2, 0.25) is 5.02 Å². The Hall–Kier alpha value is -2.59. The number of nitrogens with one attached hydrogen (secondary N) is 1. The Balaban J connectivity index is 1.93. The number of amides is 1. The Kier molecular flexibility index (Phi) is 3.46. The number of halogens is 1. The van der Waals surface area contributed by atoms with Gasteiger partial charge < -0.3 is 11.1 Å². The number of hydrogen-bond donors (Lipinski definition) is 2. The summed E-state index contributed by atoms with van der Waals surface area (Å²) in [6.45, 7) is 0. The van der Waals surface area contributed by atoms with Gasteiger partial charge >= 0.3 is 0 Å². The fourth-order valence-corrected chi connectivity index (χ4v) is 2.20. The molecule has 0 aliphatic carbocycles. The van der Waals surface area contributed by atoms with Crippen LogP contribution in [-0.4, -0.2) is 10.9 Å². The van der Waals surface area contributed by atoms with Crippen molar-refractivity contribution >= 4 is 39.8 Å². The topological polar surface area (TPSA) is 68.0 Å². The lowest BCUT2D eigenvalue weighted by molar-refractivity contribution is 0.102. The van der Waals surface area contributed by atoms with Crippen LogP contribution in [0.4, 0.5) is 11.5 Å². The van der Waals surface area contributed by atoms with Gasteiger partial charge in [-0.3, -0.25) is 4.79 Å². The van der Waals surface area contributed by atoms with Crippen molar-refractivity contribution in [2.45, 2.75) is 0 Å². The first-order valence-electron chi connectivity index (χ1n) is 6.34. The molecule has 1 amide bonds. The van der Waals surface area contributed by atoms with E-state index in [1.807, 2.05) is 24.3 Å². The highest BCUT2D eigenvalue weighted by atomic mass is 35.5. The van der Waals surface area contributed by atoms with Crippen LogP contribution < -0.4 is 11.1 Å². The molecule has 0 fully saturated rings. The van der Waals surface area contributed by atoms with E-state index in [4.69, 9.17) is 17.3 Å². The van der Waals surface area contributed by atoms with Gasteiger partial charge in [-0.2, -0.15) is 0 Å². The molecule has 4 nitrogen and oxygen atoms in total. The second-order valence-electron chi connectivity index (χ2n) is 4.60. The molecule has 1 aromatic heterocycles. The zero-order chi connectivity index (χ0) is 14.8. The molecular weight excluding hydrogens is 286 g/mol. The zero-order valence-corrected chi connectivity index (χ0v) is 11.8. The summed E-state index contributed by atoms with van der Waals surface area (Å²) in [4.78, 5) is 16.3. The summed E-state index contributed by atoms with van der Waals surface area (Å²) >= 11 is 5.76. The first-order chi connectivity index (χ1) is 10.1. The van der Waals surface area contributed by atoms with Crippen molar-refractivity contribution in [3.8, 4) is 0 Å². The zero-order valence-electron chi connectivity index (χ0n) is 11.0. The van der Waals surface area contributed by atoms with Gasteiger partial charge in [-0.05, 0) is 35.0 Å². The van der Waals surface area contributed by atoms with Gasteiger partial charge in [0.25, 0.3) is 5.91 Å². The van der Waals surface area contributed by atoms with E-state index in [2.05, 4.69) is 10.3 Å². The van der Waals surface area contributed by atoms with Crippen molar-refractivity contribution < 1.29 is 4.79 Å². The van der Waals surface area contributed by atoms with Crippen molar-refractivity contribution in [1.82, 2.24) is 4.98 Å². The average molecular weight is 298 g/mol. The predicted molar refractivity (Wildman–Crippen MR) is 85.6 cm³/mol.